The number of hydrogen-bond donors (Lipinski definition) is 1. The molecule has 0 bridgehead atoms. The predicted molar refractivity (Wildman–Crippen MR) is 148 cm³/mol. The number of aromatic nitrogens is 2. The van der Waals surface area contributed by atoms with Gasteiger partial charge in [0.15, 0.2) is 0 Å². The molecule has 0 radical (unpaired) electrons. The van der Waals surface area contributed by atoms with Crippen LogP contribution in [-0.4, -0.2) is 26.9 Å². The Morgan fingerprint density at radius 2 is 1.56 bits per heavy atom. The van der Waals surface area contributed by atoms with Gasteiger partial charge in [0.25, 0.3) is 5.79 Å². The lowest BCUT2D eigenvalue weighted by molar-refractivity contribution is -0.185. The average Bonchev–Trinajstić information content (AvgIpc) is 3.54. The molecule has 1 N–H and O–H groups in total. The van der Waals surface area contributed by atoms with Gasteiger partial charge in [0.05, 0.1) is 24.4 Å². The lowest BCUT2D eigenvalue weighted by Crippen LogP contribution is -2.29. The molecule has 0 saturated carbocycles. The minimum atomic E-state index is -1.96. The highest BCUT2D eigenvalue weighted by Crippen LogP contribution is 2.45. The van der Waals surface area contributed by atoms with Gasteiger partial charge in [0, 0.05) is 17.6 Å². The third-order valence-corrected chi connectivity index (χ3v) is 7.29. The zero-order chi connectivity index (χ0) is 26.8. The molecule has 0 fully saturated rings. The molecular formula is C31H24N2O5S. The predicted octanol–water partition coefficient (Wildman–Crippen LogP) is 5.68. The van der Waals surface area contributed by atoms with E-state index in [9.17, 15) is 9.90 Å². The van der Waals surface area contributed by atoms with E-state index in [1.165, 1.54) is 0 Å². The second kappa shape index (κ2) is 10.3. The Kier molecular flexibility index (Phi) is 6.56. The highest BCUT2D eigenvalue weighted by atomic mass is 32.1. The number of aliphatic hydroxyl groups is 1. The first-order chi connectivity index (χ1) is 19.0. The standard InChI is InChI=1S/C31H24N2O5S/c1-36-24-12-7-20(8-13-24)17-26-29(22-9-16-27-28(18-22)33-39-32-27)30(34)38-31(26,35)23-10-14-25(15-11-23)37-19-21-5-3-2-4-6-21/h2-16,18,35H,17,19H2,1H3. The van der Waals surface area contributed by atoms with Gasteiger partial charge < -0.3 is 19.3 Å². The summed E-state index contributed by atoms with van der Waals surface area (Å²) in [5, 5.41) is 12.0. The van der Waals surface area contributed by atoms with E-state index < -0.39 is 11.8 Å². The first kappa shape index (κ1) is 24.8. The monoisotopic (exact) mass is 536 g/mol. The quantitative estimate of drug-likeness (QED) is 0.255. The number of rotatable bonds is 8. The molecule has 1 aliphatic heterocycles. The Morgan fingerprint density at radius 1 is 0.846 bits per heavy atom. The molecule has 194 valence electrons. The van der Waals surface area contributed by atoms with E-state index in [0.717, 1.165) is 34.1 Å². The number of carbonyl (C=O) groups excluding carboxylic acids is 1. The smallest absolute Gasteiger partial charge is 0.342 e. The fourth-order valence-corrected chi connectivity index (χ4v) is 5.19. The number of methoxy groups -OCH3 is 1. The van der Waals surface area contributed by atoms with Crippen molar-refractivity contribution >= 4 is 34.3 Å². The van der Waals surface area contributed by atoms with Crippen molar-refractivity contribution in [2.24, 2.45) is 0 Å². The van der Waals surface area contributed by atoms with Crippen molar-refractivity contribution < 1.29 is 24.1 Å². The zero-order valence-corrected chi connectivity index (χ0v) is 21.9. The van der Waals surface area contributed by atoms with Crippen molar-refractivity contribution in [3.8, 4) is 11.5 Å². The van der Waals surface area contributed by atoms with Crippen LogP contribution in [0.4, 0.5) is 0 Å². The van der Waals surface area contributed by atoms with Gasteiger partial charge >= 0.3 is 5.97 Å². The van der Waals surface area contributed by atoms with Crippen molar-refractivity contribution in [1.29, 1.82) is 0 Å². The largest absolute Gasteiger partial charge is 0.497 e. The van der Waals surface area contributed by atoms with Crippen LogP contribution in [0, 0.1) is 0 Å². The summed E-state index contributed by atoms with van der Waals surface area (Å²) in [5.41, 5.74) is 5.16. The maximum atomic E-state index is 13.3. The van der Waals surface area contributed by atoms with E-state index in [0.29, 0.717) is 40.1 Å². The highest BCUT2D eigenvalue weighted by molar-refractivity contribution is 7.00. The number of hydrogen-bond acceptors (Lipinski definition) is 8. The molecule has 4 aromatic carbocycles. The van der Waals surface area contributed by atoms with E-state index in [-0.39, 0.29) is 6.42 Å². The summed E-state index contributed by atoms with van der Waals surface area (Å²) in [5.74, 6) is -1.21. The van der Waals surface area contributed by atoms with Crippen LogP contribution >= 0.6 is 11.7 Å². The third kappa shape index (κ3) is 4.87. The van der Waals surface area contributed by atoms with E-state index >= 15 is 0 Å². The summed E-state index contributed by atoms with van der Waals surface area (Å²) in [7, 11) is 1.61. The van der Waals surface area contributed by atoms with E-state index in [1.807, 2.05) is 60.7 Å². The molecule has 6 rings (SSSR count). The van der Waals surface area contributed by atoms with Gasteiger partial charge in [-0.25, -0.2) is 4.79 Å². The molecule has 0 aliphatic carbocycles. The lowest BCUT2D eigenvalue weighted by Gasteiger charge is -2.26. The minimum absolute atomic E-state index is 0.279. The first-order valence-electron chi connectivity index (χ1n) is 12.4. The number of nitrogens with zero attached hydrogens (tertiary/aromatic N) is 2. The molecule has 1 aliphatic rings. The van der Waals surface area contributed by atoms with Crippen LogP contribution in [-0.2, 0) is 28.3 Å². The maximum absolute atomic E-state index is 13.3. The molecule has 8 heteroatoms. The van der Waals surface area contributed by atoms with Gasteiger partial charge in [-0.15, -0.1) is 0 Å². The Hall–Kier alpha value is -4.53. The summed E-state index contributed by atoms with van der Waals surface area (Å²) in [4.78, 5) is 13.3. The minimum Gasteiger partial charge on any atom is -0.497 e. The number of esters is 1. The fraction of sp³-hybridized carbons (Fsp3) is 0.129. The Morgan fingerprint density at radius 3 is 2.31 bits per heavy atom. The molecule has 0 amide bonds. The summed E-state index contributed by atoms with van der Waals surface area (Å²) in [6.07, 6.45) is 0.279. The molecule has 1 atom stereocenters. The number of ether oxygens (including phenoxy) is 3. The van der Waals surface area contributed by atoms with Crippen molar-refractivity contribution in [1.82, 2.24) is 8.75 Å². The van der Waals surface area contributed by atoms with E-state index in [4.69, 9.17) is 14.2 Å². The van der Waals surface area contributed by atoms with Crippen LogP contribution < -0.4 is 9.47 Å². The van der Waals surface area contributed by atoms with Crippen LogP contribution in [0.25, 0.3) is 16.6 Å². The van der Waals surface area contributed by atoms with Crippen LogP contribution in [0.1, 0.15) is 22.3 Å². The zero-order valence-electron chi connectivity index (χ0n) is 21.0. The topological polar surface area (TPSA) is 90.8 Å². The van der Waals surface area contributed by atoms with Crippen molar-refractivity contribution in [2.45, 2.75) is 18.8 Å². The SMILES string of the molecule is COc1ccc(CC2=C(c3ccc4nsnc4c3)C(=O)OC2(O)c2ccc(OCc3ccccc3)cc2)cc1. The molecule has 5 aromatic rings. The lowest BCUT2D eigenvalue weighted by atomic mass is 9.88. The molecule has 0 spiro atoms. The number of cyclic esters (lactones) is 1. The van der Waals surface area contributed by atoms with Crippen molar-refractivity contribution in [2.75, 3.05) is 7.11 Å². The third-order valence-electron chi connectivity index (χ3n) is 6.73. The average molecular weight is 537 g/mol. The summed E-state index contributed by atoms with van der Waals surface area (Å²) in [6, 6.07) is 29.8. The number of fused-ring (bicyclic) bond motifs is 1. The summed E-state index contributed by atoms with van der Waals surface area (Å²) < 4.78 is 25.5. The Labute approximate surface area is 229 Å². The fourth-order valence-electron chi connectivity index (χ4n) is 4.68. The highest BCUT2D eigenvalue weighted by Gasteiger charge is 2.48. The van der Waals surface area contributed by atoms with Crippen molar-refractivity contribution in [3.05, 3.63) is 125 Å². The molecule has 2 heterocycles. The Balaban J connectivity index is 1.38. The second-order valence-electron chi connectivity index (χ2n) is 9.18. The summed E-state index contributed by atoms with van der Waals surface area (Å²) >= 11 is 1.11. The van der Waals surface area contributed by atoms with Gasteiger partial charge in [0.2, 0.25) is 0 Å². The molecule has 1 unspecified atom stereocenters. The van der Waals surface area contributed by atoms with Crippen LogP contribution in [0.15, 0.2) is 103 Å². The molecule has 7 nitrogen and oxygen atoms in total. The second-order valence-corrected chi connectivity index (χ2v) is 9.71. The van der Waals surface area contributed by atoms with Crippen LogP contribution in [0.2, 0.25) is 0 Å². The molecule has 0 saturated heterocycles. The number of carbonyl (C=O) groups is 1. The Bertz CT molecular complexity index is 1660. The van der Waals surface area contributed by atoms with Crippen LogP contribution in [0.5, 0.6) is 11.5 Å². The summed E-state index contributed by atoms with van der Waals surface area (Å²) in [6.45, 7) is 0.417. The van der Waals surface area contributed by atoms with Gasteiger partial charge in [-0.1, -0.05) is 48.5 Å². The van der Waals surface area contributed by atoms with Crippen molar-refractivity contribution in [3.63, 3.8) is 0 Å². The van der Waals surface area contributed by atoms with Gasteiger partial charge in [0.1, 0.15) is 29.1 Å². The normalized spacial score (nSPS) is 16.9. The maximum Gasteiger partial charge on any atom is 0.342 e. The van der Waals surface area contributed by atoms with Gasteiger partial charge in [-0.05, 0) is 65.2 Å². The van der Waals surface area contributed by atoms with Crippen LogP contribution in [0.3, 0.4) is 0 Å². The van der Waals surface area contributed by atoms with E-state index in [1.54, 1.807) is 43.5 Å². The number of benzene rings is 4. The van der Waals surface area contributed by atoms with Gasteiger partial charge in [-0.3, -0.25) is 0 Å². The van der Waals surface area contributed by atoms with Gasteiger partial charge in [-0.2, -0.15) is 8.75 Å². The molecular weight excluding hydrogens is 512 g/mol. The molecule has 39 heavy (non-hydrogen) atoms. The van der Waals surface area contributed by atoms with E-state index in [2.05, 4.69) is 8.75 Å². The first-order valence-corrected chi connectivity index (χ1v) is 13.1. The molecule has 1 aromatic heterocycles.